The zero-order valence-corrected chi connectivity index (χ0v) is 13.8. The Kier molecular flexibility index (Phi) is 4.95. The minimum absolute atomic E-state index is 0.163. The summed E-state index contributed by atoms with van der Waals surface area (Å²) in [6.07, 6.45) is 4.64. The van der Waals surface area contributed by atoms with Gasteiger partial charge in [0.15, 0.2) is 5.82 Å². The third-order valence-corrected chi connectivity index (χ3v) is 4.01. The molecule has 3 rings (SSSR count). The number of hydrogen-bond acceptors (Lipinski definition) is 7. The summed E-state index contributed by atoms with van der Waals surface area (Å²) in [6, 6.07) is 3.14. The highest BCUT2D eigenvalue weighted by atomic mass is 16.5. The molecule has 1 amide bonds. The van der Waals surface area contributed by atoms with E-state index in [1.165, 1.54) is 6.33 Å². The van der Waals surface area contributed by atoms with E-state index in [-0.39, 0.29) is 11.9 Å². The fourth-order valence-corrected chi connectivity index (χ4v) is 2.52. The largest absolute Gasteiger partial charge is 0.377 e. The number of amides is 1. The summed E-state index contributed by atoms with van der Waals surface area (Å²) in [5.74, 6) is 1.24. The summed E-state index contributed by atoms with van der Waals surface area (Å²) < 4.78 is 5.56. The Morgan fingerprint density at radius 3 is 3.00 bits per heavy atom. The molecule has 2 aromatic heterocycles. The number of ether oxygens (including phenoxy) is 1. The summed E-state index contributed by atoms with van der Waals surface area (Å²) in [4.78, 5) is 33.4. The topological polar surface area (TPSA) is 84.3 Å². The Balaban J connectivity index is 1.89. The molecule has 8 nitrogen and oxygen atoms in total. The molecular weight excluding hydrogens is 308 g/mol. The van der Waals surface area contributed by atoms with Crippen molar-refractivity contribution in [2.45, 2.75) is 13.0 Å². The molecule has 24 heavy (non-hydrogen) atoms. The van der Waals surface area contributed by atoms with Gasteiger partial charge in [0.1, 0.15) is 23.9 Å². The SMILES string of the molecule is CCN(C)c1ccnc([C@@H]2COCCN2C(=O)c2ccncn2)n1. The molecule has 126 valence electrons. The van der Waals surface area contributed by atoms with E-state index >= 15 is 0 Å². The highest BCUT2D eigenvalue weighted by Gasteiger charge is 2.32. The van der Waals surface area contributed by atoms with Gasteiger partial charge in [-0.15, -0.1) is 0 Å². The Morgan fingerprint density at radius 2 is 2.25 bits per heavy atom. The first-order valence-electron chi connectivity index (χ1n) is 7.89. The van der Waals surface area contributed by atoms with Crippen molar-refractivity contribution in [3.05, 3.63) is 42.4 Å². The fraction of sp³-hybridized carbons (Fsp3) is 0.438. The number of aromatic nitrogens is 4. The minimum atomic E-state index is -0.327. The zero-order valence-electron chi connectivity index (χ0n) is 13.8. The molecule has 0 radical (unpaired) electrons. The molecule has 0 aliphatic carbocycles. The molecule has 2 aromatic rings. The van der Waals surface area contributed by atoms with Gasteiger partial charge < -0.3 is 14.5 Å². The van der Waals surface area contributed by atoms with Gasteiger partial charge in [0.05, 0.1) is 13.2 Å². The van der Waals surface area contributed by atoms with Gasteiger partial charge in [-0.05, 0) is 19.1 Å². The van der Waals surface area contributed by atoms with Crippen LogP contribution in [0.5, 0.6) is 0 Å². The van der Waals surface area contributed by atoms with Crippen LogP contribution in [0.15, 0.2) is 30.9 Å². The van der Waals surface area contributed by atoms with Gasteiger partial charge in [-0.3, -0.25) is 4.79 Å². The highest BCUT2D eigenvalue weighted by Crippen LogP contribution is 2.24. The number of nitrogens with zero attached hydrogens (tertiary/aromatic N) is 6. The molecule has 0 saturated carbocycles. The lowest BCUT2D eigenvalue weighted by molar-refractivity contribution is -0.00551. The Morgan fingerprint density at radius 1 is 1.38 bits per heavy atom. The number of carbonyl (C=O) groups excluding carboxylic acids is 1. The smallest absolute Gasteiger partial charge is 0.273 e. The number of rotatable bonds is 4. The van der Waals surface area contributed by atoms with Crippen molar-refractivity contribution in [2.75, 3.05) is 38.3 Å². The van der Waals surface area contributed by atoms with Gasteiger partial charge in [0.25, 0.3) is 5.91 Å². The maximum Gasteiger partial charge on any atom is 0.273 e. The summed E-state index contributed by atoms with van der Waals surface area (Å²) in [5, 5.41) is 0. The van der Waals surface area contributed by atoms with E-state index < -0.39 is 0 Å². The zero-order chi connectivity index (χ0) is 16.9. The Bertz CT molecular complexity index is 696. The second kappa shape index (κ2) is 7.31. The molecule has 1 atom stereocenters. The van der Waals surface area contributed by atoms with Crippen molar-refractivity contribution < 1.29 is 9.53 Å². The molecule has 0 unspecified atom stereocenters. The maximum absolute atomic E-state index is 12.8. The predicted molar refractivity (Wildman–Crippen MR) is 87.6 cm³/mol. The van der Waals surface area contributed by atoms with Crippen LogP contribution in [0.2, 0.25) is 0 Å². The molecule has 0 bridgehead atoms. The standard InChI is InChI=1S/C16H20N6O2/c1-3-21(2)14-5-7-18-15(20-14)13-10-24-9-8-22(13)16(23)12-4-6-17-11-19-12/h4-7,11,13H,3,8-10H2,1-2H3/t13-/m0/s1. The molecule has 0 N–H and O–H groups in total. The summed E-state index contributed by atoms with van der Waals surface area (Å²) >= 11 is 0. The van der Waals surface area contributed by atoms with Crippen molar-refractivity contribution in [1.29, 1.82) is 0 Å². The molecule has 8 heteroatoms. The van der Waals surface area contributed by atoms with E-state index in [9.17, 15) is 4.79 Å². The van der Waals surface area contributed by atoms with Crippen LogP contribution in [0, 0.1) is 0 Å². The van der Waals surface area contributed by atoms with Gasteiger partial charge in [-0.2, -0.15) is 0 Å². The number of hydrogen-bond donors (Lipinski definition) is 0. The van der Waals surface area contributed by atoms with Crippen LogP contribution in [0.25, 0.3) is 0 Å². The van der Waals surface area contributed by atoms with Crippen molar-refractivity contribution in [2.24, 2.45) is 0 Å². The predicted octanol–water partition coefficient (Wildman–Crippen LogP) is 0.936. The lowest BCUT2D eigenvalue weighted by Gasteiger charge is -2.34. The van der Waals surface area contributed by atoms with Crippen molar-refractivity contribution in [3.8, 4) is 0 Å². The van der Waals surface area contributed by atoms with Gasteiger partial charge >= 0.3 is 0 Å². The molecule has 3 heterocycles. The van der Waals surface area contributed by atoms with Crippen LogP contribution in [0.3, 0.4) is 0 Å². The van der Waals surface area contributed by atoms with Crippen molar-refractivity contribution >= 4 is 11.7 Å². The quantitative estimate of drug-likeness (QED) is 0.825. The molecule has 1 aliphatic heterocycles. The Labute approximate surface area is 140 Å². The first kappa shape index (κ1) is 16.3. The first-order chi connectivity index (χ1) is 11.7. The van der Waals surface area contributed by atoms with E-state index in [1.807, 2.05) is 18.0 Å². The van der Waals surface area contributed by atoms with Crippen LogP contribution < -0.4 is 4.90 Å². The maximum atomic E-state index is 12.8. The average molecular weight is 328 g/mol. The van der Waals surface area contributed by atoms with Crippen LogP contribution in [-0.4, -0.2) is 64.1 Å². The third kappa shape index (κ3) is 3.33. The van der Waals surface area contributed by atoms with E-state index in [0.717, 1.165) is 12.4 Å². The third-order valence-electron chi connectivity index (χ3n) is 4.01. The van der Waals surface area contributed by atoms with Gasteiger partial charge in [0, 0.05) is 32.5 Å². The minimum Gasteiger partial charge on any atom is -0.377 e. The molecule has 0 spiro atoms. The van der Waals surface area contributed by atoms with Crippen LogP contribution in [0.4, 0.5) is 5.82 Å². The van der Waals surface area contributed by atoms with E-state index in [0.29, 0.717) is 31.3 Å². The molecule has 0 aromatic carbocycles. The normalized spacial score (nSPS) is 17.6. The molecule has 1 saturated heterocycles. The van der Waals surface area contributed by atoms with Crippen LogP contribution >= 0.6 is 0 Å². The van der Waals surface area contributed by atoms with E-state index in [2.05, 4.69) is 26.9 Å². The number of carbonyl (C=O) groups is 1. The Hall–Kier alpha value is -2.61. The van der Waals surface area contributed by atoms with Crippen molar-refractivity contribution in [3.63, 3.8) is 0 Å². The summed E-state index contributed by atoms with van der Waals surface area (Å²) in [6.45, 7) is 4.22. The van der Waals surface area contributed by atoms with Gasteiger partial charge in [-0.1, -0.05) is 0 Å². The van der Waals surface area contributed by atoms with Crippen LogP contribution in [-0.2, 0) is 4.74 Å². The first-order valence-corrected chi connectivity index (χ1v) is 7.89. The monoisotopic (exact) mass is 328 g/mol. The average Bonchev–Trinajstić information content (AvgIpc) is 2.67. The van der Waals surface area contributed by atoms with E-state index in [4.69, 9.17) is 4.74 Å². The summed E-state index contributed by atoms with van der Waals surface area (Å²) in [5.41, 5.74) is 0.360. The lowest BCUT2D eigenvalue weighted by Crippen LogP contribution is -2.44. The van der Waals surface area contributed by atoms with Crippen LogP contribution in [0.1, 0.15) is 29.3 Å². The highest BCUT2D eigenvalue weighted by molar-refractivity contribution is 5.92. The fourth-order valence-electron chi connectivity index (χ4n) is 2.52. The molecule has 1 fully saturated rings. The molecule has 1 aliphatic rings. The second-order valence-electron chi connectivity index (χ2n) is 5.47. The van der Waals surface area contributed by atoms with Gasteiger partial charge in [0.2, 0.25) is 0 Å². The summed E-state index contributed by atoms with van der Waals surface area (Å²) in [7, 11) is 1.97. The number of anilines is 1. The van der Waals surface area contributed by atoms with Gasteiger partial charge in [-0.25, -0.2) is 19.9 Å². The molecular formula is C16H20N6O2. The number of morpholine rings is 1. The van der Waals surface area contributed by atoms with Crippen molar-refractivity contribution in [1.82, 2.24) is 24.8 Å². The van der Waals surface area contributed by atoms with E-state index in [1.54, 1.807) is 23.4 Å². The second-order valence-corrected chi connectivity index (χ2v) is 5.47. The lowest BCUT2D eigenvalue weighted by atomic mass is 10.2.